The molecule has 162 valence electrons. The van der Waals surface area contributed by atoms with Crippen molar-refractivity contribution in [2.24, 2.45) is 0 Å². The number of hydrogen-bond acceptors (Lipinski definition) is 3. The van der Waals surface area contributed by atoms with Gasteiger partial charge in [-0.1, -0.05) is 59.2 Å². The van der Waals surface area contributed by atoms with Crippen molar-refractivity contribution in [3.05, 3.63) is 64.3 Å². The van der Waals surface area contributed by atoms with Crippen LogP contribution in [0, 0.1) is 0 Å². The van der Waals surface area contributed by atoms with Gasteiger partial charge in [0, 0.05) is 0 Å². The second kappa shape index (κ2) is 13.7. The molecule has 0 saturated carbocycles. The van der Waals surface area contributed by atoms with Crippen molar-refractivity contribution in [2.45, 2.75) is 73.4 Å². The van der Waals surface area contributed by atoms with E-state index in [2.05, 4.69) is 52.0 Å². The minimum Gasteiger partial charge on any atom is -0.309 e. The van der Waals surface area contributed by atoms with E-state index in [4.69, 9.17) is 9.05 Å². The molecule has 0 heterocycles. The van der Waals surface area contributed by atoms with Crippen LogP contribution in [0.1, 0.15) is 78.4 Å². The maximum Gasteiger partial charge on any atom is 0.335 e. The van der Waals surface area contributed by atoms with Gasteiger partial charge >= 0.3 is 7.60 Å². The van der Waals surface area contributed by atoms with Gasteiger partial charge in [0.25, 0.3) is 0 Å². The molecule has 0 N–H and O–H groups in total. The van der Waals surface area contributed by atoms with Crippen LogP contribution >= 0.6 is 7.60 Å². The second-order valence-electron chi connectivity index (χ2n) is 7.70. The van der Waals surface area contributed by atoms with Gasteiger partial charge in [0.1, 0.15) is 0 Å². The Balaban J connectivity index is 2.78. The van der Waals surface area contributed by atoms with Crippen LogP contribution in [-0.2, 0) is 19.8 Å². The molecule has 0 fully saturated rings. The molecular weight excluding hydrogens is 379 g/mol. The molecule has 0 aliphatic carbocycles. The Bertz CT molecular complexity index is 745. The Morgan fingerprint density at radius 2 is 1.48 bits per heavy atom. The fourth-order valence-electron chi connectivity index (χ4n) is 3.12. The van der Waals surface area contributed by atoms with Crippen LogP contribution in [-0.4, -0.2) is 13.2 Å². The van der Waals surface area contributed by atoms with Gasteiger partial charge in [-0.2, -0.15) is 0 Å². The van der Waals surface area contributed by atoms with Crippen LogP contribution in [0.5, 0.6) is 0 Å². The van der Waals surface area contributed by atoms with Crippen LogP contribution in [0.2, 0.25) is 0 Å². The first kappa shape index (κ1) is 25.6. The number of benzene rings is 1. The third kappa shape index (κ3) is 10.8. The maximum absolute atomic E-state index is 12.9. The van der Waals surface area contributed by atoms with E-state index in [0.717, 1.165) is 36.8 Å². The molecule has 3 nitrogen and oxygen atoms in total. The zero-order valence-corrected chi connectivity index (χ0v) is 20.1. The average molecular weight is 419 g/mol. The van der Waals surface area contributed by atoms with Gasteiger partial charge in [0.15, 0.2) is 0 Å². The van der Waals surface area contributed by atoms with Gasteiger partial charge in [0.2, 0.25) is 0 Å². The summed E-state index contributed by atoms with van der Waals surface area (Å²) in [5.41, 5.74) is 6.24. The lowest BCUT2D eigenvalue weighted by atomic mass is 10.0. The number of rotatable bonds is 13. The van der Waals surface area contributed by atoms with Crippen LogP contribution in [0.15, 0.2) is 53.1 Å². The van der Waals surface area contributed by atoms with Crippen molar-refractivity contribution in [1.29, 1.82) is 0 Å². The first-order valence-corrected chi connectivity index (χ1v) is 12.4. The Morgan fingerprint density at radius 1 is 0.897 bits per heavy atom. The van der Waals surface area contributed by atoms with Crippen molar-refractivity contribution >= 4 is 13.7 Å². The molecule has 0 atom stereocenters. The van der Waals surface area contributed by atoms with Gasteiger partial charge in [-0.3, -0.25) is 4.57 Å². The summed E-state index contributed by atoms with van der Waals surface area (Å²) in [7, 11) is -3.11. The van der Waals surface area contributed by atoms with Crippen LogP contribution < -0.4 is 0 Å². The monoisotopic (exact) mass is 418 g/mol. The highest BCUT2D eigenvalue weighted by Gasteiger charge is 2.24. The van der Waals surface area contributed by atoms with Crippen molar-refractivity contribution in [3.63, 3.8) is 0 Å². The molecule has 0 unspecified atom stereocenters. The van der Waals surface area contributed by atoms with E-state index < -0.39 is 7.60 Å². The molecule has 0 amide bonds. The fraction of sp³-hybridized carbons (Fsp3) is 0.520. The van der Waals surface area contributed by atoms with Gasteiger partial charge in [-0.05, 0) is 78.4 Å². The standard InChI is InChI=1S/C25H39O3P/c1-7-27-29(26,28-8-2)20-25-18-10-9-17-24(25)19-23(6)16-12-15-22(5)14-11-13-21(3)4/h9-10,13,15,17-19H,7-8,11-12,14,16,20H2,1-6H3/b22-15+,23-19+. The van der Waals surface area contributed by atoms with Crippen molar-refractivity contribution in [3.8, 4) is 0 Å². The third-order valence-electron chi connectivity index (χ3n) is 4.60. The highest BCUT2D eigenvalue weighted by atomic mass is 31.2. The highest BCUT2D eigenvalue weighted by molar-refractivity contribution is 7.53. The average Bonchev–Trinajstić information content (AvgIpc) is 2.63. The molecule has 0 saturated heterocycles. The van der Waals surface area contributed by atoms with Crippen molar-refractivity contribution in [2.75, 3.05) is 13.2 Å². The summed E-state index contributed by atoms with van der Waals surface area (Å²) in [6, 6.07) is 8.07. The fourth-order valence-corrected chi connectivity index (χ4v) is 4.87. The summed E-state index contributed by atoms with van der Waals surface area (Å²) in [6.45, 7) is 13.1. The topological polar surface area (TPSA) is 35.5 Å². The van der Waals surface area contributed by atoms with E-state index in [1.165, 1.54) is 16.7 Å². The number of allylic oxidation sites excluding steroid dienone is 5. The Labute approximate surface area is 178 Å². The minimum absolute atomic E-state index is 0.304. The van der Waals surface area contributed by atoms with E-state index >= 15 is 0 Å². The second-order valence-corrected chi connectivity index (χ2v) is 9.76. The first-order valence-electron chi connectivity index (χ1n) is 10.7. The lowest BCUT2D eigenvalue weighted by Crippen LogP contribution is -2.00. The normalized spacial score (nSPS) is 12.9. The Morgan fingerprint density at radius 3 is 2.10 bits per heavy atom. The van der Waals surface area contributed by atoms with Crippen LogP contribution in [0.3, 0.4) is 0 Å². The Kier molecular flexibility index (Phi) is 12.1. The predicted octanol–water partition coefficient (Wildman–Crippen LogP) is 8.33. The first-order chi connectivity index (χ1) is 13.8. The summed E-state index contributed by atoms with van der Waals surface area (Å²) in [5.74, 6) is 0. The molecule has 1 rings (SSSR count). The molecular formula is C25H39O3P. The van der Waals surface area contributed by atoms with E-state index in [0.29, 0.717) is 19.4 Å². The van der Waals surface area contributed by atoms with Gasteiger partial charge in [0.05, 0.1) is 19.4 Å². The molecule has 0 aliphatic rings. The lowest BCUT2D eigenvalue weighted by molar-refractivity contribution is 0.219. The van der Waals surface area contributed by atoms with Gasteiger partial charge in [-0.15, -0.1) is 0 Å². The summed E-state index contributed by atoms with van der Waals surface area (Å²) >= 11 is 0. The summed E-state index contributed by atoms with van der Waals surface area (Å²) < 4.78 is 23.9. The maximum atomic E-state index is 12.9. The van der Waals surface area contributed by atoms with E-state index in [-0.39, 0.29) is 0 Å². The zero-order valence-electron chi connectivity index (χ0n) is 19.2. The molecule has 29 heavy (non-hydrogen) atoms. The van der Waals surface area contributed by atoms with Gasteiger partial charge in [-0.25, -0.2) is 0 Å². The van der Waals surface area contributed by atoms with Gasteiger partial charge < -0.3 is 9.05 Å². The third-order valence-corrected chi connectivity index (χ3v) is 6.63. The van der Waals surface area contributed by atoms with Crippen molar-refractivity contribution < 1.29 is 13.6 Å². The van der Waals surface area contributed by atoms with E-state index in [1.807, 2.05) is 32.0 Å². The molecule has 4 heteroatoms. The van der Waals surface area contributed by atoms with Crippen molar-refractivity contribution in [1.82, 2.24) is 0 Å². The molecule has 0 bridgehead atoms. The largest absolute Gasteiger partial charge is 0.335 e. The van der Waals surface area contributed by atoms with E-state index in [1.54, 1.807) is 0 Å². The zero-order chi connectivity index (χ0) is 21.7. The predicted molar refractivity (Wildman–Crippen MR) is 126 cm³/mol. The molecule has 0 aliphatic heterocycles. The molecule has 0 spiro atoms. The Hall–Kier alpha value is -1.41. The molecule has 1 aromatic rings. The summed E-state index contributed by atoms with van der Waals surface area (Å²) in [5, 5.41) is 0. The molecule has 0 aromatic heterocycles. The molecule has 1 aromatic carbocycles. The van der Waals surface area contributed by atoms with Crippen LogP contribution in [0.4, 0.5) is 0 Å². The SMILES string of the molecule is CCOP(=O)(Cc1ccccc1/C=C(\C)CC/C=C(\C)CCC=C(C)C)OCC. The molecule has 0 radical (unpaired) electrons. The smallest absolute Gasteiger partial charge is 0.309 e. The van der Waals surface area contributed by atoms with Crippen LogP contribution in [0.25, 0.3) is 6.08 Å². The van der Waals surface area contributed by atoms with E-state index in [9.17, 15) is 4.57 Å². The highest BCUT2D eigenvalue weighted by Crippen LogP contribution is 2.51. The minimum atomic E-state index is -3.11. The number of hydrogen-bond donors (Lipinski definition) is 0. The summed E-state index contributed by atoms with van der Waals surface area (Å²) in [6.07, 6.45) is 11.4. The quantitative estimate of drug-likeness (QED) is 0.238. The lowest BCUT2D eigenvalue weighted by Gasteiger charge is -2.18. The summed E-state index contributed by atoms with van der Waals surface area (Å²) in [4.78, 5) is 0.